The molecule has 6 heterocycles. The van der Waals surface area contributed by atoms with E-state index in [-0.39, 0.29) is 11.3 Å². The van der Waals surface area contributed by atoms with Crippen LogP contribution >= 0.6 is 0 Å². The lowest BCUT2D eigenvalue weighted by Crippen LogP contribution is -2.48. The van der Waals surface area contributed by atoms with Crippen LogP contribution in [0.4, 0.5) is 8.78 Å². The van der Waals surface area contributed by atoms with E-state index in [0.717, 1.165) is 64.3 Å². The van der Waals surface area contributed by atoms with Crippen LogP contribution in [0, 0.1) is 11.6 Å². The van der Waals surface area contributed by atoms with Crippen molar-refractivity contribution in [1.82, 2.24) is 30.4 Å². The Bertz CT molecular complexity index is 2950. The van der Waals surface area contributed by atoms with E-state index in [4.69, 9.17) is 18.9 Å². The molecule has 2 saturated heterocycles. The van der Waals surface area contributed by atoms with E-state index < -0.39 is 53.5 Å². The molecule has 4 aromatic carbocycles. The summed E-state index contributed by atoms with van der Waals surface area (Å²) in [5.74, 6) is -0.687. The lowest BCUT2D eigenvalue weighted by molar-refractivity contribution is -0.118. The van der Waals surface area contributed by atoms with Gasteiger partial charge in [-0.25, -0.2) is 8.78 Å². The molecule has 4 aliphatic rings. The number of pyridine rings is 2. The Morgan fingerprint density at radius 1 is 0.547 bits per heavy atom. The van der Waals surface area contributed by atoms with Crippen molar-refractivity contribution in [2.45, 2.75) is 50.0 Å². The van der Waals surface area contributed by atoms with E-state index in [1.54, 1.807) is 84.9 Å². The lowest BCUT2D eigenvalue weighted by Gasteiger charge is -2.29. The summed E-state index contributed by atoms with van der Waals surface area (Å²) in [5, 5.41) is 41.2. The largest absolute Gasteiger partial charge is 0.486 e. The van der Waals surface area contributed by atoms with Crippen LogP contribution in [0.2, 0.25) is 0 Å². The molecule has 0 unspecified atom stereocenters. The Morgan fingerprint density at radius 2 is 0.960 bits per heavy atom. The molecule has 0 radical (unpaired) electrons. The lowest BCUT2D eigenvalue weighted by atomic mass is 9.99. The number of oxime groups is 1. The van der Waals surface area contributed by atoms with Gasteiger partial charge < -0.3 is 54.8 Å². The number of Topliss-reactive ketones (excluding diaryl/α,β-unsaturated/α-hetero) is 1. The molecule has 0 aliphatic carbocycles. The number of rotatable bonds is 16. The number of halogens is 2. The number of likely N-dealkylation sites (tertiary alicyclic amines) is 2. The number of carbonyl (C=O) groups excluding carboxylic acids is 3. The summed E-state index contributed by atoms with van der Waals surface area (Å²) in [5.41, 5.74) is 4.07. The highest BCUT2D eigenvalue weighted by Gasteiger charge is 2.32. The number of aromatic nitrogens is 2. The zero-order valence-electron chi connectivity index (χ0n) is 40.9. The van der Waals surface area contributed by atoms with Gasteiger partial charge in [-0.1, -0.05) is 65.8 Å². The first-order valence-corrected chi connectivity index (χ1v) is 24.9. The van der Waals surface area contributed by atoms with Gasteiger partial charge in [-0.3, -0.25) is 24.4 Å². The average molecular weight is 1030 g/mol. The van der Waals surface area contributed by atoms with Gasteiger partial charge in [0.2, 0.25) is 5.78 Å². The predicted octanol–water partition coefficient (Wildman–Crippen LogP) is 6.31. The number of hydrogen-bond acceptors (Lipinski definition) is 15. The summed E-state index contributed by atoms with van der Waals surface area (Å²) in [7, 11) is 0. The van der Waals surface area contributed by atoms with Crippen molar-refractivity contribution in [2.24, 2.45) is 5.16 Å². The van der Waals surface area contributed by atoms with E-state index in [1.807, 2.05) is 0 Å². The van der Waals surface area contributed by atoms with E-state index in [9.17, 15) is 38.6 Å². The van der Waals surface area contributed by atoms with Crippen molar-refractivity contribution in [3.63, 3.8) is 0 Å². The van der Waals surface area contributed by atoms with E-state index in [1.165, 1.54) is 24.3 Å². The van der Waals surface area contributed by atoms with Crippen molar-refractivity contribution >= 4 is 23.3 Å². The van der Waals surface area contributed by atoms with Crippen LogP contribution in [0.5, 0.6) is 23.0 Å². The Morgan fingerprint density at radius 3 is 1.37 bits per heavy atom. The Hall–Kier alpha value is -7.84. The quantitative estimate of drug-likeness (QED) is 0.0236. The van der Waals surface area contributed by atoms with Crippen LogP contribution in [0.3, 0.4) is 0 Å². The zero-order valence-corrected chi connectivity index (χ0v) is 40.9. The van der Waals surface area contributed by atoms with E-state index >= 15 is 0 Å². The number of amides is 2. The van der Waals surface area contributed by atoms with Gasteiger partial charge in [0.05, 0.1) is 35.9 Å². The van der Waals surface area contributed by atoms with Crippen molar-refractivity contribution in [2.75, 3.05) is 65.7 Å². The molecule has 10 rings (SSSR count). The van der Waals surface area contributed by atoms with Gasteiger partial charge in [0.25, 0.3) is 11.8 Å². The Kier molecular flexibility index (Phi) is 17.0. The monoisotopic (exact) mass is 1030 g/mol. The van der Waals surface area contributed by atoms with Crippen LogP contribution in [0.1, 0.15) is 64.9 Å². The fourth-order valence-electron chi connectivity index (χ4n) is 9.41. The van der Waals surface area contributed by atoms with Crippen LogP contribution < -0.4 is 29.6 Å². The van der Waals surface area contributed by atoms with Crippen LogP contribution in [0.15, 0.2) is 127 Å². The summed E-state index contributed by atoms with van der Waals surface area (Å²) < 4.78 is 48.8. The first kappa shape index (κ1) is 52.0. The predicted molar refractivity (Wildman–Crippen MR) is 272 cm³/mol. The fraction of sp³-hybridized carbons (Fsp3) is 0.321. The highest BCUT2D eigenvalue weighted by molar-refractivity contribution is 6.45. The number of nitrogens with zero attached hydrogens (tertiary/aromatic N) is 5. The van der Waals surface area contributed by atoms with Gasteiger partial charge in [-0.05, 0) is 112 Å². The molecule has 2 aromatic heterocycles. The number of fused-ring (bicyclic) bond motifs is 2. The van der Waals surface area contributed by atoms with Gasteiger partial charge >= 0.3 is 0 Å². The molecule has 19 heteroatoms. The molecule has 4 aliphatic heterocycles. The number of ether oxygens (including phenoxy) is 4. The fourth-order valence-corrected chi connectivity index (χ4v) is 9.41. The maximum absolute atomic E-state index is 13.3. The standard InChI is InChI=1S/C28H29FN4O5.C28H28FN3O5/c29-21-8-9-22(30-16-21)18-3-5-19(6-4-18)26(32-36)28(35)31-23(17-33-11-1-2-12-33)27(34)20-7-10-24-25(15-20)38-14-13-37-24;29-21-8-9-22(30-16-21)18-3-5-19(6-4-18)27(34)28(35)31-23(17-32-11-1-2-12-32)26(33)20-7-10-24-25(15-20)37-14-13-36-24/h3-10,15-16,23,27,34,36H,1-2,11-14,17H2,(H,31,35);3-10,15-16,23,26,33H,1-2,11-14,17H2,(H,31,35)/b32-26+;/t23-,27-;23-,26-/m11/s1. The smallest absolute Gasteiger partial charge is 0.292 e. The van der Waals surface area contributed by atoms with Crippen molar-refractivity contribution in [3.8, 4) is 45.5 Å². The Balaban J connectivity index is 0.000000184. The topological polar surface area (TPSA) is 218 Å². The molecular formula is C56H57F2N7O10. The molecule has 0 bridgehead atoms. The maximum atomic E-state index is 13.3. The number of nitrogens with one attached hydrogen (secondary N) is 2. The summed E-state index contributed by atoms with van der Waals surface area (Å²) in [6.45, 7) is 6.09. The molecule has 2 fully saturated rings. The summed E-state index contributed by atoms with van der Waals surface area (Å²) in [4.78, 5) is 51.7. The molecule has 390 valence electrons. The minimum atomic E-state index is -1.06. The minimum Gasteiger partial charge on any atom is -0.486 e. The number of benzene rings is 4. The first-order chi connectivity index (χ1) is 36.5. The first-order valence-electron chi connectivity index (χ1n) is 24.9. The summed E-state index contributed by atoms with van der Waals surface area (Å²) in [6.07, 6.45) is 4.37. The van der Waals surface area contributed by atoms with Crippen LogP contribution in [-0.4, -0.2) is 136 Å². The van der Waals surface area contributed by atoms with Crippen molar-refractivity contribution in [1.29, 1.82) is 0 Å². The third-order valence-corrected chi connectivity index (χ3v) is 13.4. The maximum Gasteiger partial charge on any atom is 0.292 e. The minimum absolute atomic E-state index is 0.190. The van der Waals surface area contributed by atoms with Crippen molar-refractivity contribution < 1.29 is 57.5 Å². The van der Waals surface area contributed by atoms with Gasteiger partial charge in [-0.2, -0.15) is 0 Å². The molecule has 6 aromatic rings. The third-order valence-electron chi connectivity index (χ3n) is 13.4. The molecule has 2 amide bonds. The average Bonchev–Trinajstić information content (AvgIpc) is 4.18. The van der Waals surface area contributed by atoms with Gasteiger partial charge in [0.15, 0.2) is 28.7 Å². The molecule has 0 spiro atoms. The second-order valence-electron chi connectivity index (χ2n) is 18.5. The molecular weight excluding hydrogens is 969 g/mol. The van der Waals surface area contributed by atoms with Crippen LogP contribution in [-0.2, 0) is 9.59 Å². The molecule has 17 nitrogen and oxygen atoms in total. The number of aliphatic hydroxyl groups is 2. The highest BCUT2D eigenvalue weighted by Crippen LogP contribution is 2.35. The molecule has 75 heavy (non-hydrogen) atoms. The second-order valence-corrected chi connectivity index (χ2v) is 18.5. The van der Waals surface area contributed by atoms with Gasteiger partial charge in [0.1, 0.15) is 50.3 Å². The number of ketones is 1. The zero-order chi connectivity index (χ0) is 52.3. The summed E-state index contributed by atoms with van der Waals surface area (Å²) >= 11 is 0. The highest BCUT2D eigenvalue weighted by atomic mass is 19.1. The molecule has 0 saturated carbocycles. The number of hydrogen-bond donors (Lipinski definition) is 5. The third kappa shape index (κ3) is 13.1. The van der Waals surface area contributed by atoms with Gasteiger partial charge in [-0.15, -0.1) is 0 Å². The normalized spacial score (nSPS) is 16.9. The van der Waals surface area contributed by atoms with Crippen molar-refractivity contribution in [3.05, 3.63) is 155 Å². The SMILES string of the molecule is O=C(N[C@H](CN1CCCC1)[C@H](O)c1ccc2c(c1)OCCO2)/C(=N/O)c1ccc(-c2ccc(F)cn2)cc1.O=C(N[C@H](CN1CCCC1)[C@H](O)c1ccc2c(c1)OCCO2)C(=O)c1ccc(-c2ccc(F)cn2)cc1. The molecule has 5 N–H and O–H groups in total. The van der Waals surface area contributed by atoms with Crippen LogP contribution in [0.25, 0.3) is 22.5 Å². The second kappa shape index (κ2) is 24.5. The number of carbonyl (C=O) groups is 3. The number of aliphatic hydroxyl groups excluding tert-OH is 2. The van der Waals surface area contributed by atoms with Gasteiger partial charge in [0, 0.05) is 35.3 Å². The summed E-state index contributed by atoms with van der Waals surface area (Å²) in [6, 6.07) is 27.8. The van der Waals surface area contributed by atoms with E-state index in [2.05, 4.69) is 35.6 Å². The molecule has 4 atom stereocenters. The van der Waals surface area contributed by atoms with E-state index in [0.29, 0.717) is 102 Å². The Labute approximate surface area is 431 Å².